The average Bonchev–Trinajstić information content (AvgIpc) is 2.71. The van der Waals surface area contributed by atoms with Gasteiger partial charge in [-0.05, 0) is 25.2 Å². The minimum atomic E-state index is -0.399. The third kappa shape index (κ3) is 2.49. The van der Waals surface area contributed by atoms with Crippen LogP contribution in [0.25, 0.3) is 0 Å². The van der Waals surface area contributed by atoms with Gasteiger partial charge in [-0.1, -0.05) is 18.3 Å². The van der Waals surface area contributed by atoms with E-state index in [0.29, 0.717) is 0 Å². The lowest BCUT2D eigenvalue weighted by molar-refractivity contribution is 0.203. The number of hydrogen-bond donors (Lipinski definition) is 1. The molecule has 1 aliphatic carbocycles. The lowest BCUT2D eigenvalue weighted by atomic mass is 10.3. The second-order valence-electron chi connectivity index (χ2n) is 4.57. The molecule has 0 bridgehead atoms. The quantitative estimate of drug-likeness (QED) is 0.855. The van der Waals surface area contributed by atoms with Crippen LogP contribution in [-0.2, 0) is 0 Å². The lowest BCUT2D eigenvalue weighted by Crippen LogP contribution is -2.20. The fraction of sp³-hybridized carbons (Fsp3) is 0.727. The van der Waals surface area contributed by atoms with Crippen molar-refractivity contribution in [3.63, 3.8) is 0 Å². The van der Waals surface area contributed by atoms with Crippen LogP contribution >= 0.6 is 11.3 Å². The van der Waals surface area contributed by atoms with E-state index < -0.39 is 6.10 Å². The summed E-state index contributed by atoms with van der Waals surface area (Å²) in [7, 11) is 2.08. The van der Waals surface area contributed by atoms with Crippen molar-refractivity contribution in [1.29, 1.82) is 0 Å². The highest BCUT2D eigenvalue weighted by Gasteiger charge is 2.33. The first-order valence-electron chi connectivity index (χ1n) is 5.43. The molecule has 3 nitrogen and oxygen atoms in total. The molecule has 1 aromatic heterocycles. The summed E-state index contributed by atoms with van der Waals surface area (Å²) in [6.45, 7) is 5.16. The zero-order valence-corrected chi connectivity index (χ0v) is 10.3. The topological polar surface area (TPSA) is 36.4 Å². The molecule has 3 atom stereocenters. The van der Waals surface area contributed by atoms with Crippen LogP contribution < -0.4 is 4.90 Å². The third-order valence-electron chi connectivity index (χ3n) is 3.03. The molecule has 1 aliphatic rings. The number of rotatable bonds is 4. The van der Waals surface area contributed by atoms with E-state index in [1.165, 1.54) is 6.42 Å². The predicted octanol–water partition coefficient (Wildman–Crippen LogP) is 2.29. The second-order valence-corrected chi connectivity index (χ2v) is 5.62. The van der Waals surface area contributed by atoms with Crippen molar-refractivity contribution in [3.05, 3.63) is 11.1 Å². The molecule has 84 valence electrons. The van der Waals surface area contributed by atoms with E-state index in [4.69, 9.17) is 0 Å². The first kappa shape index (κ1) is 10.9. The molecule has 1 saturated carbocycles. The van der Waals surface area contributed by atoms with Crippen LogP contribution in [0.4, 0.5) is 5.13 Å². The summed E-state index contributed by atoms with van der Waals surface area (Å²) in [5.74, 6) is 1.72. The molecule has 1 heterocycles. The first-order chi connectivity index (χ1) is 7.08. The van der Waals surface area contributed by atoms with Gasteiger partial charge in [-0.25, -0.2) is 4.98 Å². The number of nitrogens with zero attached hydrogens (tertiary/aromatic N) is 2. The SMILES string of the molecule is CC(O)c1cnc(N(C)CC2CC2C)s1. The highest BCUT2D eigenvalue weighted by molar-refractivity contribution is 7.15. The van der Waals surface area contributed by atoms with E-state index >= 15 is 0 Å². The monoisotopic (exact) mass is 226 g/mol. The fourth-order valence-electron chi connectivity index (χ4n) is 1.73. The zero-order valence-electron chi connectivity index (χ0n) is 9.47. The van der Waals surface area contributed by atoms with E-state index in [9.17, 15) is 5.11 Å². The number of aliphatic hydroxyl groups excluding tert-OH is 1. The fourth-order valence-corrected chi connectivity index (χ4v) is 2.55. The summed E-state index contributed by atoms with van der Waals surface area (Å²) in [4.78, 5) is 7.47. The average molecular weight is 226 g/mol. The Hall–Kier alpha value is -0.610. The summed E-state index contributed by atoms with van der Waals surface area (Å²) < 4.78 is 0. The summed E-state index contributed by atoms with van der Waals surface area (Å²) in [5.41, 5.74) is 0. The molecular weight excluding hydrogens is 208 g/mol. The van der Waals surface area contributed by atoms with Crippen molar-refractivity contribution in [2.24, 2.45) is 11.8 Å². The number of aromatic nitrogens is 1. The Kier molecular flexibility index (Phi) is 2.98. The van der Waals surface area contributed by atoms with Gasteiger partial charge in [0.25, 0.3) is 0 Å². The first-order valence-corrected chi connectivity index (χ1v) is 6.24. The van der Waals surface area contributed by atoms with Crippen LogP contribution in [0.5, 0.6) is 0 Å². The van der Waals surface area contributed by atoms with Gasteiger partial charge in [0.2, 0.25) is 0 Å². The second kappa shape index (κ2) is 4.10. The van der Waals surface area contributed by atoms with Crippen molar-refractivity contribution < 1.29 is 5.11 Å². The van der Waals surface area contributed by atoms with Crippen LogP contribution in [0.3, 0.4) is 0 Å². The van der Waals surface area contributed by atoms with Gasteiger partial charge in [-0.15, -0.1) is 0 Å². The number of thiazole rings is 1. The van der Waals surface area contributed by atoms with Crippen LogP contribution in [0.2, 0.25) is 0 Å². The standard InChI is InChI=1S/C11H18N2OS/c1-7-4-9(7)6-13(3)11-12-5-10(15-11)8(2)14/h5,7-9,14H,4,6H2,1-3H3. The van der Waals surface area contributed by atoms with Crippen LogP contribution in [0.15, 0.2) is 6.20 Å². The van der Waals surface area contributed by atoms with Crippen molar-refractivity contribution in [2.75, 3.05) is 18.5 Å². The molecule has 3 unspecified atom stereocenters. The van der Waals surface area contributed by atoms with Gasteiger partial charge in [0.1, 0.15) is 0 Å². The van der Waals surface area contributed by atoms with E-state index in [2.05, 4.69) is 23.9 Å². The van der Waals surface area contributed by atoms with Gasteiger partial charge >= 0.3 is 0 Å². The van der Waals surface area contributed by atoms with Gasteiger partial charge < -0.3 is 10.0 Å². The minimum absolute atomic E-state index is 0.399. The molecule has 0 radical (unpaired) electrons. The molecule has 15 heavy (non-hydrogen) atoms. The molecule has 1 fully saturated rings. The summed E-state index contributed by atoms with van der Waals surface area (Å²) in [5, 5.41) is 10.4. The van der Waals surface area contributed by atoms with E-state index in [-0.39, 0.29) is 0 Å². The van der Waals surface area contributed by atoms with Gasteiger partial charge in [0.05, 0.1) is 11.0 Å². The summed E-state index contributed by atoms with van der Waals surface area (Å²) in [6, 6.07) is 0. The zero-order chi connectivity index (χ0) is 11.0. The summed E-state index contributed by atoms with van der Waals surface area (Å²) >= 11 is 1.58. The number of aliphatic hydroxyl groups is 1. The molecule has 0 amide bonds. The smallest absolute Gasteiger partial charge is 0.185 e. The Morgan fingerprint density at radius 2 is 2.40 bits per heavy atom. The Morgan fingerprint density at radius 1 is 1.73 bits per heavy atom. The Labute approximate surface area is 94.8 Å². The number of hydrogen-bond acceptors (Lipinski definition) is 4. The van der Waals surface area contributed by atoms with Crippen LogP contribution in [-0.4, -0.2) is 23.7 Å². The maximum absolute atomic E-state index is 9.41. The predicted molar refractivity (Wildman–Crippen MR) is 63.3 cm³/mol. The van der Waals surface area contributed by atoms with Gasteiger partial charge in [-0.2, -0.15) is 0 Å². The Bertz CT molecular complexity index is 337. The highest BCUT2D eigenvalue weighted by Crippen LogP contribution is 2.39. The molecular formula is C11H18N2OS. The highest BCUT2D eigenvalue weighted by atomic mass is 32.1. The maximum atomic E-state index is 9.41. The molecule has 0 aliphatic heterocycles. The molecule has 1 aromatic rings. The molecule has 0 saturated heterocycles. The maximum Gasteiger partial charge on any atom is 0.185 e. The minimum Gasteiger partial charge on any atom is -0.388 e. The van der Waals surface area contributed by atoms with Crippen molar-refractivity contribution in [3.8, 4) is 0 Å². The normalized spacial score (nSPS) is 26.4. The largest absolute Gasteiger partial charge is 0.388 e. The van der Waals surface area contributed by atoms with Crippen LogP contribution in [0, 0.1) is 11.8 Å². The molecule has 0 aromatic carbocycles. The van der Waals surface area contributed by atoms with Crippen molar-refractivity contribution in [2.45, 2.75) is 26.4 Å². The Balaban J connectivity index is 1.96. The van der Waals surface area contributed by atoms with Crippen molar-refractivity contribution in [1.82, 2.24) is 4.98 Å². The molecule has 1 N–H and O–H groups in total. The van der Waals surface area contributed by atoms with Gasteiger partial charge in [0.15, 0.2) is 5.13 Å². The summed E-state index contributed by atoms with van der Waals surface area (Å²) in [6.07, 6.45) is 2.72. The molecule has 2 rings (SSSR count). The van der Waals surface area contributed by atoms with E-state index in [1.807, 2.05) is 0 Å². The van der Waals surface area contributed by atoms with E-state index in [0.717, 1.165) is 28.4 Å². The van der Waals surface area contributed by atoms with Gasteiger partial charge in [-0.3, -0.25) is 0 Å². The Morgan fingerprint density at radius 3 is 2.87 bits per heavy atom. The number of anilines is 1. The van der Waals surface area contributed by atoms with E-state index in [1.54, 1.807) is 24.5 Å². The lowest BCUT2D eigenvalue weighted by Gasteiger charge is -2.14. The van der Waals surface area contributed by atoms with Gasteiger partial charge in [0, 0.05) is 19.8 Å². The molecule has 0 spiro atoms. The molecule has 4 heteroatoms. The third-order valence-corrected chi connectivity index (χ3v) is 4.32. The van der Waals surface area contributed by atoms with Crippen molar-refractivity contribution >= 4 is 16.5 Å². The van der Waals surface area contributed by atoms with Crippen LogP contribution in [0.1, 0.15) is 31.2 Å².